The molecule has 2 aromatic rings. The maximum atomic E-state index is 12.8. The van der Waals surface area contributed by atoms with Crippen molar-refractivity contribution >= 4 is 5.91 Å². The van der Waals surface area contributed by atoms with Crippen LogP contribution in [0.3, 0.4) is 0 Å². The lowest BCUT2D eigenvalue weighted by atomic mass is 9.94. The highest BCUT2D eigenvalue weighted by atomic mass is 16.2. The van der Waals surface area contributed by atoms with Gasteiger partial charge in [-0.05, 0) is 42.4 Å². The van der Waals surface area contributed by atoms with Gasteiger partial charge < -0.3 is 5.32 Å². The van der Waals surface area contributed by atoms with E-state index in [-0.39, 0.29) is 17.4 Å². The van der Waals surface area contributed by atoms with Crippen LogP contribution in [0.4, 0.5) is 0 Å². The first-order valence-electron chi connectivity index (χ1n) is 7.74. The van der Waals surface area contributed by atoms with Crippen LogP contribution in [0.1, 0.15) is 42.0 Å². The summed E-state index contributed by atoms with van der Waals surface area (Å²) in [6, 6.07) is 18.9. The molecule has 1 N–H and O–H groups in total. The highest BCUT2D eigenvalue weighted by Crippen LogP contribution is 2.49. The number of rotatable bonds is 3. The van der Waals surface area contributed by atoms with Gasteiger partial charge in [0.25, 0.3) is 0 Å². The van der Waals surface area contributed by atoms with Crippen LogP contribution >= 0.6 is 0 Å². The van der Waals surface area contributed by atoms with Gasteiger partial charge in [-0.2, -0.15) is 0 Å². The Labute approximate surface area is 125 Å². The third-order valence-electron chi connectivity index (χ3n) is 4.95. The molecular formula is C19H19NO. The summed E-state index contributed by atoms with van der Waals surface area (Å²) in [7, 11) is 0. The average molecular weight is 277 g/mol. The molecule has 2 aromatic carbocycles. The van der Waals surface area contributed by atoms with Gasteiger partial charge in [-0.3, -0.25) is 4.79 Å². The molecule has 0 bridgehead atoms. The number of carbonyl (C=O) groups is 1. The van der Waals surface area contributed by atoms with Crippen LogP contribution in [0.2, 0.25) is 0 Å². The van der Waals surface area contributed by atoms with Crippen molar-refractivity contribution in [1.29, 1.82) is 0 Å². The zero-order valence-corrected chi connectivity index (χ0v) is 12.0. The molecule has 2 aliphatic rings. The van der Waals surface area contributed by atoms with Crippen LogP contribution in [0.15, 0.2) is 54.6 Å². The molecule has 0 aliphatic heterocycles. The summed E-state index contributed by atoms with van der Waals surface area (Å²) in [5.74, 6) is 0.204. The molecule has 21 heavy (non-hydrogen) atoms. The number of amides is 1. The molecule has 1 unspecified atom stereocenters. The number of benzene rings is 2. The van der Waals surface area contributed by atoms with E-state index >= 15 is 0 Å². The van der Waals surface area contributed by atoms with Gasteiger partial charge in [0.05, 0.1) is 11.5 Å². The third kappa shape index (κ3) is 2.06. The van der Waals surface area contributed by atoms with Gasteiger partial charge in [-0.25, -0.2) is 0 Å². The van der Waals surface area contributed by atoms with Crippen molar-refractivity contribution in [3.63, 3.8) is 0 Å². The zero-order chi connectivity index (χ0) is 14.3. The van der Waals surface area contributed by atoms with Crippen molar-refractivity contribution in [2.24, 2.45) is 0 Å². The van der Waals surface area contributed by atoms with Crippen LogP contribution < -0.4 is 5.32 Å². The van der Waals surface area contributed by atoms with Gasteiger partial charge in [-0.1, -0.05) is 54.6 Å². The lowest BCUT2D eigenvalue weighted by Crippen LogP contribution is -2.36. The normalized spacial score (nSPS) is 21.6. The quantitative estimate of drug-likeness (QED) is 0.913. The molecule has 0 saturated heterocycles. The smallest absolute Gasteiger partial charge is 0.231 e. The molecule has 0 radical (unpaired) electrons. The second-order valence-electron chi connectivity index (χ2n) is 6.21. The van der Waals surface area contributed by atoms with Crippen LogP contribution in [-0.4, -0.2) is 5.91 Å². The summed E-state index contributed by atoms with van der Waals surface area (Å²) in [6.45, 7) is 0. The van der Waals surface area contributed by atoms with Gasteiger partial charge in [0.15, 0.2) is 0 Å². The van der Waals surface area contributed by atoms with Crippen LogP contribution in [0, 0.1) is 0 Å². The minimum Gasteiger partial charge on any atom is -0.349 e. The van der Waals surface area contributed by atoms with E-state index < -0.39 is 0 Å². The minimum atomic E-state index is -0.265. The van der Waals surface area contributed by atoms with E-state index in [1.54, 1.807) is 0 Å². The van der Waals surface area contributed by atoms with E-state index in [2.05, 4.69) is 41.7 Å². The van der Waals surface area contributed by atoms with Crippen molar-refractivity contribution < 1.29 is 4.79 Å². The second-order valence-corrected chi connectivity index (χ2v) is 6.21. The molecule has 2 nitrogen and oxygen atoms in total. The number of carbonyl (C=O) groups excluding carboxylic acids is 1. The predicted molar refractivity (Wildman–Crippen MR) is 83.0 cm³/mol. The summed E-state index contributed by atoms with van der Waals surface area (Å²) < 4.78 is 0. The van der Waals surface area contributed by atoms with Gasteiger partial charge >= 0.3 is 0 Å². The van der Waals surface area contributed by atoms with Gasteiger partial charge in [0.1, 0.15) is 0 Å². The summed E-state index contributed by atoms with van der Waals surface area (Å²) in [5.41, 5.74) is 3.58. The molecule has 4 rings (SSSR count). The van der Waals surface area contributed by atoms with Crippen molar-refractivity contribution in [3.8, 4) is 0 Å². The molecule has 1 atom stereocenters. The van der Waals surface area contributed by atoms with Crippen LogP contribution in [0.5, 0.6) is 0 Å². The predicted octanol–water partition coefficient (Wildman–Crippen LogP) is 3.52. The van der Waals surface area contributed by atoms with E-state index in [4.69, 9.17) is 0 Å². The molecule has 0 heterocycles. The zero-order valence-electron chi connectivity index (χ0n) is 12.0. The number of aryl methyl sites for hydroxylation is 1. The topological polar surface area (TPSA) is 29.1 Å². The largest absolute Gasteiger partial charge is 0.349 e. The molecular weight excluding hydrogens is 258 g/mol. The Hall–Kier alpha value is -2.09. The molecule has 1 fully saturated rings. The molecule has 1 saturated carbocycles. The highest BCUT2D eigenvalue weighted by Gasteiger charge is 2.51. The van der Waals surface area contributed by atoms with Crippen LogP contribution in [-0.2, 0) is 16.6 Å². The number of hydrogen-bond donors (Lipinski definition) is 1. The SMILES string of the molecule is O=C(NC1CCc2ccccc21)C1(c2ccccc2)CC1. The van der Waals surface area contributed by atoms with Crippen molar-refractivity contribution in [2.45, 2.75) is 37.1 Å². The van der Waals surface area contributed by atoms with Gasteiger partial charge in [0, 0.05) is 0 Å². The van der Waals surface area contributed by atoms with Gasteiger partial charge in [0.2, 0.25) is 5.91 Å². The standard InChI is InChI=1S/C19H19NO/c21-18(19(12-13-19)15-7-2-1-3-8-15)20-17-11-10-14-6-4-5-9-16(14)17/h1-9,17H,10-13H2,(H,20,21). The molecule has 2 heteroatoms. The Bertz CT molecular complexity index is 673. The number of hydrogen-bond acceptors (Lipinski definition) is 1. The Kier molecular flexibility index (Phi) is 2.85. The van der Waals surface area contributed by atoms with E-state index in [1.165, 1.54) is 11.1 Å². The Balaban J connectivity index is 1.55. The Morgan fingerprint density at radius 1 is 1.00 bits per heavy atom. The molecule has 106 valence electrons. The van der Waals surface area contributed by atoms with E-state index in [1.807, 2.05) is 18.2 Å². The Morgan fingerprint density at radius 3 is 2.48 bits per heavy atom. The van der Waals surface area contributed by atoms with Crippen molar-refractivity contribution in [1.82, 2.24) is 5.32 Å². The van der Waals surface area contributed by atoms with E-state index in [9.17, 15) is 4.79 Å². The Morgan fingerprint density at radius 2 is 1.71 bits per heavy atom. The molecule has 2 aliphatic carbocycles. The summed E-state index contributed by atoms with van der Waals surface area (Å²) >= 11 is 0. The first-order chi connectivity index (χ1) is 10.3. The van der Waals surface area contributed by atoms with Crippen LogP contribution in [0.25, 0.3) is 0 Å². The maximum absolute atomic E-state index is 12.8. The van der Waals surface area contributed by atoms with Gasteiger partial charge in [-0.15, -0.1) is 0 Å². The fourth-order valence-electron chi connectivity index (χ4n) is 3.53. The number of nitrogens with one attached hydrogen (secondary N) is 1. The monoisotopic (exact) mass is 277 g/mol. The molecule has 0 aromatic heterocycles. The second kappa shape index (κ2) is 4.73. The lowest BCUT2D eigenvalue weighted by Gasteiger charge is -2.20. The number of fused-ring (bicyclic) bond motifs is 1. The summed E-state index contributed by atoms with van der Waals surface area (Å²) in [4.78, 5) is 12.8. The fraction of sp³-hybridized carbons (Fsp3) is 0.316. The highest BCUT2D eigenvalue weighted by molar-refractivity contribution is 5.91. The van der Waals surface area contributed by atoms with E-state index in [0.29, 0.717) is 0 Å². The fourth-order valence-corrected chi connectivity index (χ4v) is 3.53. The first-order valence-corrected chi connectivity index (χ1v) is 7.74. The minimum absolute atomic E-state index is 0.190. The van der Waals surface area contributed by atoms with Crippen molar-refractivity contribution in [3.05, 3.63) is 71.3 Å². The third-order valence-corrected chi connectivity index (χ3v) is 4.95. The first kappa shape index (κ1) is 12.6. The molecule has 1 amide bonds. The van der Waals surface area contributed by atoms with Crippen molar-refractivity contribution in [2.75, 3.05) is 0 Å². The molecule has 0 spiro atoms. The summed E-state index contributed by atoms with van der Waals surface area (Å²) in [5, 5.41) is 3.30. The lowest BCUT2D eigenvalue weighted by molar-refractivity contribution is -0.124. The summed E-state index contributed by atoms with van der Waals surface area (Å²) in [6.07, 6.45) is 4.03. The maximum Gasteiger partial charge on any atom is 0.231 e. The average Bonchev–Trinajstić information content (AvgIpc) is 3.26. The van der Waals surface area contributed by atoms with E-state index in [0.717, 1.165) is 31.2 Å².